The lowest BCUT2D eigenvalue weighted by Crippen LogP contribution is -2.33. The van der Waals surface area contributed by atoms with E-state index in [1.165, 1.54) is 32.5 Å². The maximum absolute atomic E-state index is 2.58. The molecule has 0 aromatic rings. The zero-order chi connectivity index (χ0) is 8.27. The van der Waals surface area contributed by atoms with Crippen molar-refractivity contribution in [2.24, 2.45) is 0 Å². The quantitative estimate of drug-likeness (QED) is 0.602. The summed E-state index contributed by atoms with van der Waals surface area (Å²) in [6.45, 7) is 6.09. The van der Waals surface area contributed by atoms with Gasteiger partial charge < -0.3 is 4.90 Å². The molecule has 2 heteroatoms. The summed E-state index contributed by atoms with van der Waals surface area (Å²) in [7, 11) is 4.28. The standard InChI is InChI=1S/C9H20N2/c1-9-5-4-6-11(9)8-7-10(2)3/h9H,4-8H2,1-3H3/t9-/m1/s1. The van der Waals surface area contributed by atoms with Crippen molar-refractivity contribution in [1.29, 1.82) is 0 Å². The van der Waals surface area contributed by atoms with Gasteiger partial charge in [0, 0.05) is 19.1 Å². The molecule has 0 aliphatic carbocycles. The van der Waals surface area contributed by atoms with E-state index in [-0.39, 0.29) is 0 Å². The monoisotopic (exact) mass is 156 g/mol. The van der Waals surface area contributed by atoms with Gasteiger partial charge in [-0.3, -0.25) is 4.90 Å². The van der Waals surface area contributed by atoms with E-state index in [1.54, 1.807) is 0 Å². The molecule has 1 fully saturated rings. The molecule has 0 aromatic heterocycles. The zero-order valence-electron chi connectivity index (χ0n) is 8.01. The first kappa shape index (κ1) is 9.01. The Labute approximate surface area is 70.2 Å². The summed E-state index contributed by atoms with van der Waals surface area (Å²) in [5.74, 6) is 0. The second kappa shape index (κ2) is 4.07. The van der Waals surface area contributed by atoms with Crippen molar-refractivity contribution >= 4 is 0 Å². The Morgan fingerprint density at radius 1 is 1.45 bits per heavy atom. The predicted octanol–water partition coefficient (Wildman–Crippen LogP) is 1.03. The summed E-state index contributed by atoms with van der Waals surface area (Å²) < 4.78 is 0. The van der Waals surface area contributed by atoms with Gasteiger partial charge in [-0.15, -0.1) is 0 Å². The SMILES string of the molecule is C[C@@H]1CCCN1CCN(C)C. The van der Waals surface area contributed by atoms with E-state index in [9.17, 15) is 0 Å². The van der Waals surface area contributed by atoms with Crippen molar-refractivity contribution in [1.82, 2.24) is 9.80 Å². The molecule has 0 amide bonds. The van der Waals surface area contributed by atoms with Crippen LogP contribution in [0.4, 0.5) is 0 Å². The Bertz CT molecular complexity index is 112. The maximum Gasteiger partial charge on any atom is 0.0112 e. The second-order valence-electron chi connectivity index (χ2n) is 3.83. The average molecular weight is 156 g/mol. The van der Waals surface area contributed by atoms with E-state index in [4.69, 9.17) is 0 Å². The van der Waals surface area contributed by atoms with E-state index in [1.807, 2.05) is 0 Å². The molecule has 11 heavy (non-hydrogen) atoms. The van der Waals surface area contributed by atoms with Crippen LogP contribution in [-0.4, -0.2) is 49.6 Å². The molecule has 2 nitrogen and oxygen atoms in total. The summed E-state index contributed by atoms with van der Waals surface area (Å²) in [5, 5.41) is 0. The van der Waals surface area contributed by atoms with Gasteiger partial charge in [0.2, 0.25) is 0 Å². The lowest BCUT2D eigenvalue weighted by atomic mass is 10.2. The average Bonchev–Trinajstić information content (AvgIpc) is 2.31. The van der Waals surface area contributed by atoms with E-state index in [0.717, 1.165) is 6.04 Å². The van der Waals surface area contributed by atoms with Crippen LogP contribution in [0.2, 0.25) is 0 Å². The van der Waals surface area contributed by atoms with Crippen molar-refractivity contribution in [2.75, 3.05) is 33.7 Å². The third-order valence-corrected chi connectivity index (χ3v) is 2.53. The fourth-order valence-electron chi connectivity index (χ4n) is 1.65. The first-order chi connectivity index (χ1) is 5.20. The Balaban J connectivity index is 2.15. The molecule has 0 bridgehead atoms. The first-order valence-electron chi connectivity index (χ1n) is 4.59. The lowest BCUT2D eigenvalue weighted by molar-refractivity contribution is 0.236. The van der Waals surface area contributed by atoms with Crippen molar-refractivity contribution in [3.05, 3.63) is 0 Å². The third-order valence-electron chi connectivity index (χ3n) is 2.53. The zero-order valence-corrected chi connectivity index (χ0v) is 8.01. The van der Waals surface area contributed by atoms with Crippen LogP contribution in [-0.2, 0) is 0 Å². The molecular weight excluding hydrogens is 136 g/mol. The second-order valence-corrected chi connectivity index (χ2v) is 3.83. The first-order valence-corrected chi connectivity index (χ1v) is 4.59. The molecule has 0 saturated carbocycles. The van der Waals surface area contributed by atoms with Gasteiger partial charge in [0.1, 0.15) is 0 Å². The van der Waals surface area contributed by atoms with Crippen LogP contribution in [0, 0.1) is 0 Å². The molecule has 0 N–H and O–H groups in total. The van der Waals surface area contributed by atoms with Gasteiger partial charge in [0.05, 0.1) is 0 Å². The fraction of sp³-hybridized carbons (Fsp3) is 1.00. The number of hydrogen-bond donors (Lipinski definition) is 0. The topological polar surface area (TPSA) is 6.48 Å². The molecule has 1 atom stereocenters. The maximum atomic E-state index is 2.58. The van der Waals surface area contributed by atoms with Gasteiger partial charge in [-0.1, -0.05) is 0 Å². The van der Waals surface area contributed by atoms with Crippen LogP contribution in [0.25, 0.3) is 0 Å². The summed E-state index contributed by atoms with van der Waals surface area (Å²) in [6, 6.07) is 0.829. The highest BCUT2D eigenvalue weighted by Gasteiger charge is 2.18. The summed E-state index contributed by atoms with van der Waals surface area (Å²) in [6.07, 6.45) is 2.79. The van der Waals surface area contributed by atoms with Crippen LogP contribution in [0.5, 0.6) is 0 Å². The summed E-state index contributed by atoms with van der Waals surface area (Å²) >= 11 is 0. The van der Waals surface area contributed by atoms with E-state index in [2.05, 4.69) is 30.8 Å². The molecule has 0 aromatic carbocycles. The minimum atomic E-state index is 0.829. The van der Waals surface area contributed by atoms with E-state index >= 15 is 0 Å². The lowest BCUT2D eigenvalue weighted by Gasteiger charge is -2.22. The number of likely N-dealkylation sites (tertiary alicyclic amines) is 1. The minimum Gasteiger partial charge on any atom is -0.308 e. The molecule has 1 saturated heterocycles. The van der Waals surface area contributed by atoms with E-state index < -0.39 is 0 Å². The van der Waals surface area contributed by atoms with Gasteiger partial charge in [-0.05, 0) is 40.4 Å². The van der Waals surface area contributed by atoms with Crippen LogP contribution >= 0.6 is 0 Å². The van der Waals surface area contributed by atoms with Gasteiger partial charge in [0.15, 0.2) is 0 Å². The van der Waals surface area contributed by atoms with Crippen molar-refractivity contribution in [3.8, 4) is 0 Å². The molecule has 0 radical (unpaired) electrons. The van der Waals surface area contributed by atoms with Crippen molar-refractivity contribution in [2.45, 2.75) is 25.8 Å². The highest BCUT2D eigenvalue weighted by molar-refractivity contribution is 4.75. The van der Waals surface area contributed by atoms with Gasteiger partial charge >= 0.3 is 0 Å². The molecule has 1 aliphatic heterocycles. The number of hydrogen-bond acceptors (Lipinski definition) is 2. The van der Waals surface area contributed by atoms with Crippen molar-refractivity contribution < 1.29 is 0 Å². The molecular formula is C9H20N2. The van der Waals surface area contributed by atoms with Gasteiger partial charge in [-0.25, -0.2) is 0 Å². The summed E-state index contributed by atoms with van der Waals surface area (Å²) in [5.41, 5.74) is 0. The fourth-order valence-corrected chi connectivity index (χ4v) is 1.65. The van der Waals surface area contributed by atoms with Crippen LogP contribution < -0.4 is 0 Å². The van der Waals surface area contributed by atoms with Gasteiger partial charge in [-0.2, -0.15) is 0 Å². The molecule has 1 rings (SSSR count). The third kappa shape index (κ3) is 2.80. The number of rotatable bonds is 3. The Morgan fingerprint density at radius 2 is 2.18 bits per heavy atom. The highest BCUT2D eigenvalue weighted by Crippen LogP contribution is 2.15. The predicted molar refractivity (Wildman–Crippen MR) is 48.8 cm³/mol. The smallest absolute Gasteiger partial charge is 0.0112 e. The van der Waals surface area contributed by atoms with Crippen LogP contribution in [0.3, 0.4) is 0 Å². The Hall–Kier alpha value is -0.0800. The van der Waals surface area contributed by atoms with Crippen LogP contribution in [0.1, 0.15) is 19.8 Å². The largest absolute Gasteiger partial charge is 0.308 e. The Kier molecular flexibility index (Phi) is 3.34. The minimum absolute atomic E-state index is 0.829. The number of nitrogens with zero attached hydrogens (tertiary/aromatic N) is 2. The summed E-state index contributed by atoms with van der Waals surface area (Å²) in [4.78, 5) is 4.84. The molecule has 0 spiro atoms. The Morgan fingerprint density at radius 3 is 2.64 bits per heavy atom. The van der Waals surface area contributed by atoms with Gasteiger partial charge in [0.25, 0.3) is 0 Å². The molecule has 1 aliphatic rings. The van der Waals surface area contributed by atoms with E-state index in [0.29, 0.717) is 0 Å². The highest BCUT2D eigenvalue weighted by atomic mass is 15.2. The number of likely N-dealkylation sites (N-methyl/N-ethyl adjacent to an activating group) is 1. The van der Waals surface area contributed by atoms with Crippen molar-refractivity contribution in [3.63, 3.8) is 0 Å². The molecule has 66 valence electrons. The van der Waals surface area contributed by atoms with Crippen LogP contribution in [0.15, 0.2) is 0 Å². The normalized spacial score (nSPS) is 26.7. The molecule has 0 unspecified atom stereocenters. The molecule has 1 heterocycles.